The largest absolute Gasteiger partial charge is 0.376 e. The van der Waals surface area contributed by atoms with Crippen LogP contribution in [0.25, 0.3) is 0 Å². The number of ether oxygens (including phenoxy) is 1. The van der Waals surface area contributed by atoms with E-state index in [1.807, 2.05) is 0 Å². The summed E-state index contributed by atoms with van der Waals surface area (Å²) in [5.41, 5.74) is 0. The Morgan fingerprint density at radius 1 is 1.56 bits per heavy atom. The molecule has 0 aliphatic carbocycles. The molecule has 1 unspecified atom stereocenters. The third-order valence-corrected chi connectivity index (χ3v) is 1.56. The molecule has 0 spiro atoms. The van der Waals surface area contributed by atoms with Crippen LogP contribution in [-0.4, -0.2) is 19.3 Å². The van der Waals surface area contributed by atoms with Gasteiger partial charge in [-0.05, 0) is 19.3 Å². The Bertz CT molecular complexity index is 68.7. The van der Waals surface area contributed by atoms with Crippen molar-refractivity contribution < 1.29 is 9.57 Å². The fourth-order valence-corrected chi connectivity index (χ4v) is 1.05. The van der Waals surface area contributed by atoms with Crippen molar-refractivity contribution in [3.63, 3.8) is 0 Å². The third-order valence-electron chi connectivity index (χ3n) is 1.56. The van der Waals surface area contributed by atoms with Gasteiger partial charge in [0.25, 0.3) is 0 Å². The summed E-state index contributed by atoms with van der Waals surface area (Å²) in [5, 5.41) is 0. The highest BCUT2D eigenvalue weighted by atomic mass is 16.6. The molecule has 0 aromatic heterocycles. The molecule has 54 valence electrons. The van der Waals surface area contributed by atoms with Crippen molar-refractivity contribution in [2.75, 3.05) is 13.2 Å². The number of nitrogens with two attached hydrogens (primary N) is 1. The van der Waals surface area contributed by atoms with Gasteiger partial charge in [-0.25, -0.2) is 5.90 Å². The van der Waals surface area contributed by atoms with Crippen molar-refractivity contribution in [2.45, 2.75) is 25.4 Å². The second-order valence-electron chi connectivity index (χ2n) is 2.32. The molecule has 0 bridgehead atoms. The lowest BCUT2D eigenvalue weighted by Gasteiger charge is -2.20. The third kappa shape index (κ3) is 2.30. The van der Waals surface area contributed by atoms with Crippen LogP contribution in [0, 0.1) is 0 Å². The van der Waals surface area contributed by atoms with Crippen LogP contribution in [0.1, 0.15) is 19.3 Å². The normalized spacial score (nSPS) is 28.3. The lowest BCUT2D eigenvalue weighted by atomic mass is 10.1. The van der Waals surface area contributed by atoms with Crippen molar-refractivity contribution in [1.29, 1.82) is 0 Å². The highest BCUT2D eigenvalue weighted by Crippen LogP contribution is 2.11. The van der Waals surface area contributed by atoms with Gasteiger partial charge >= 0.3 is 0 Å². The zero-order valence-corrected chi connectivity index (χ0v) is 5.51. The van der Waals surface area contributed by atoms with Crippen LogP contribution in [0.2, 0.25) is 0 Å². The van der Waals surface area contributed by atoms with Gasteiger partial charge in [0.15, 0.2) is 0 Å². The Hall–Kier alpha value is -0.120. The molecule has 9 heavy (non-hydrogen) atoms. The molecular formula is C6H13NO2. The second kappa shape index (κ2) is 3.82. The van der Waals surface area contributed by atoms with Gasteiger partial charge in [0, 0.05) is 6.61 Å². The van der Waals surface area contributed by atoms with Gasteiger partial charge in [-0.1, -0.05) is 0 Å². The Balaban J connectivity index is 2.08. The minimum Gasteiger partial charge on any atom is -0.376 e. The van der Waals surface area contributed by atoms with E-state index in [2.05, 4.69) is 4.84 Å². The molecule has 3 heteroatoms. The van der Waals surface area contributed by atoms with Crippen LogP contribution < -0.4 is 5.90 Å². The molecule has 0 aromatic carbocycles. The molecule has 0 amide bonds. The summed E-state index contributed by atoms with van der Waals surface area (Å²) >= 11 is 0. The van der Waals surface area contributed by atoms with Gasteiger partial charge in [0.2, 0.25) is 0 Å². The van der Waals surface area contributed by atoms with Gasteiger partial charge in [-0.15, -0.1) is 0 Å². The van der Waals surface area contributed by atoms with Gasteiger partial charge in [0.1, 0.15) is 0 Å². The van der Waals surface area contributed by atoms with E-state index in [4.69, 9.17) is 10.6 Å². The van der Waals surface area contributed by atoms with Crippen LogP contribution in [0.15, 0.2) is 0 Å². The summed E-state index contributed by atoms with van der Waals surface area (Å²) < 4.78 is 5.31. The van der Waals surface area contributed by atoms with E-state index in [0.717, 1.165) is 13.0 Å². The molecule has 1 saturated heterocycles. The van der Waals surface area contributed by atoms with E-state index in [1.54, 1.807) is 0 Å². The zero-order valence-electron chi connectivity index (χ0n) is 5.51. The average Bonchev–Trinajstić information content (AvgIpc) is 1.91. The zero-order chi connectivity index (χ0) is 6.53. The Kier molecular flexibility index (Phi) is 2.97. The van der Waals surface area contributed by atoms with Crippen LogP contribution in [0.5, 0.6) is 0 Å². The van der Waals surface area contributed by atoms with E-state index in [0.29, 0.717) is 6.61 Å². The molecule has 3 nitrogen and oxygen atoms in total. The number of hydrogen-bond donors (Lipinski definition) is 1. The van der Waals surface area contributed by atoms with E-state index in [-0.39, 0.29) is 6.10 Å². The highest BCUT2D eigenvalue weighted by Gasteiger charge is 2.12. The van der Waals surface area contributed by atoms with Crippen LogP contribution in [-0.2, 0) is 9.57 Å². The lowest BCUT2D eigenvalue weighted by Crippen LogP contribution is -2.25. The van der Waals surface area contributed by atoms with Crippen molar-refractivity contribution in [3.8, 4) is 0 Å². The Morgan fingerprint density at radius 3 is 3.00 bits per heavy atom. The van der Waals surface area contributed by atoms with Crippen LogP contribution in [0.4, 0.5) is 0 Å². The molecule has 0 aromatic rings. The molecule has 1 heterocycles. The molecule has 1 atom stereocenters. The molecule has 1 fully saturated rings. The minimum absolute atomic E-state index is 0.253. The smallest absolute Gasteiger partial charge is 0.0941 e. The molecule has 1 rings (SSSR count). The van der Waals surface area contributed by atoms with E-state index in [1.165, 1.54) is 12.8 Å². The van der Waals surface area contributed by atoms with Gasteiger partial charge in [-0.2, -0.15) is 0 Å². The van der Waals surface area contributed by atoms with Crippen molar-refractivity contribution in [2.24, 2.45) is 5.90 Å². The first kappa shape index (κ1) is 6.99. The maximum absolute atomic E-state index is 5.31. The van der Waals surface area contributed by atoms with Gasteiger partial charge < -0.3 is 9.57 Å². The summed E-state index contributed by atoms with van der Waals surface area (Å²) in [6, 6.07) is 0. The van der Waals surface area contributed by atoms with E-state index >= 15 is 0 Å². The summed E-state index contributed by atoms with van der Waals surface area (Å²) in [6.45, 7) is 1.41. The van der Waals surface area contributed by atoms with E-state index < -0.39 is 0 Å². The monoisotopic (exact) mass is 131 g/mol. The minimum atomic E-state index is 0.253. The molecule has 1 aliphatic heterocycles. The van der Waals surface area contributed by atoms with Crippen molar-refractivity contribution in [3.05, 3.63) is 0 Å². The lowest BCUT2D eigenvalue weighted by molar-refractivity contribution is -0.0413. The quantitative estimate of drug-likeness (QED) is 0.553. The van der Waals surface area contributed by atoms with Crippen molar-refractivity contribution >= 4 is 0 Å². The molecule has 2 N–H and O–H groups in total. The topological polar surface area (TPSA) is 44.5 Å². The molecular weight excluding hydrogens is 118 g/mol. The summed E-state index contributed by atoms with van der Waals surface area (Å²) in [7, 11) is 0. The van der Waals surface area contributed by atoms with Crippen LogP contribution in [0.3, 0.4) is 0 Å². The SMILES string of the molecule is NOCC1CCCCO1. The first-order valence-corrected chi connectivity index (χ1v) is 3.37. The predicted molar refractivity (Wildman–Crippen MR) is 33.7 cm³/mol. The average molecular weight is 131 g/mol. The first-order valence-electron chi connectivity index (χ1n) is 3.37. The summed E-state index contributed by atoms with van der Waals surface area (Å²) in [6.07, 6.45) is 3.77. The number of rotatable bonds is 2. The summed E-state index contributed by atoms with van der Waals surface area (Å²) in [5.74, 6) is 4.88. The Morgan fingerprint density at radius 2 is 2.44 bits per heavy atom. The van der Waals surface area contributed by atoms with Crippen LogP contribution >= 0.6 is 0 Å². The van der Waals surface area contributed by atoms with Gasteiger partial charge in [-0.3, -0.25) is 0 Å². The maximum atomic E-state index is 5.31. The maximum Gasteiger partial charge on any atom is 0.0941 e. The number of hydrogen-bond acceptors (Lipinski definition) is 3. The highest BCUT2D eigenvalue weighted by molar-refractivity contribution is 4.61. The second-order valence-corrected chi connectivity index (χ2v) is 2.32. The molecule has 1 aliphatic rings. The Labute approximate surface area is 55.1 Å². The fourth-order valence-electron chi connectivity index (χ4n) is 1.05. The van der Waals surface area contributed by atoms with Crippen molar-refractivity contribution in [1.82, 2.24) is 0 Å². The molecule has 0 radical (unpaired) electrons. The van der Waals surface area contributed by atoms with Gasteiger partial charge in [0.05, 0.1) is 12.7 Å². The first-order chi connectivity index (χ1) is 4.43. The standard InChI is InChI=1S/C6H13NO2/c7-9-5-6-3-1-2-4-8-6/h6H,1-5,7H2. The predicted octanol–water partition coefficient (Wildman–Crippen LogP) is 0.446. The molecule has 0 saturated carbocycles. The van der Waals surface area contributed by atoms with E-state index in [9.17, 15) is 0 Å². The fraction of sp³-hybridized carbons (Fsp3) is 1.00. The summed E-state index contributed by atoms with van der Waals surface area (Å²) in [4.78, 5) is 4.46.